The molecule has 0 bridgehead atoms. The molecule has 7 heteroatoms. The fourth-order valence-corrected chi connectivity index (χ4v) is 4.23. The van der Waals surface area contributed by atoms with Crippen molar-refractivity contribution in [1.29, 1.82) is 0 Å². The van der Waals surface area contributed by atoms with Gasteiger partial charge >= 0.3 is 0 Å². The summed E-state index contributed by atoms with van der Waals surface area (Å²) >= 11 is 0. The third-order valence-electron chi connectivity index (χ3n) is 6.27. The van der Waals surface area contributed by atoms with Crippen LogP contribution >= 0.6 is 0 Å². The number of hydrogen-bond donors (Lipinski definition) is 2. The van der Waals surface area contributed by atoms with Crippen molar-refractivity contribution in [2.45, 2.75) is 39.8 Å². The van der Waals surface area contributed by atoms with Crippen molar-refractivity contribution in [1.82, 2.24) is 25.3 Å². The van der Waals surface area contributed by atoms with Crippen molar-refractivity contribution in [3.63, 3.8) is 0 Å². The summed E-state index contributed by atoms with van der Waals surface area (Å²) in [6.07, 6.45) is 2.87. The van der Waals surface area contributed by atoms with E-state index in [2.05, 4.69) is 37.4 Å². The van der Waals surface area contributed by atoms with Gasteiger partial charge in [0.1, 0.15) is 5.76 Å². The van der Waals surface area contributed by atoms with Gasteiger partial charge in [-0.15, -0.1) is 0 Å². The standard InChI is InChI=1S/C23H31N5O2/c1-16-21(18(3)30-26-16)15-27-10-12-28(13-11-27)17(2)23(29)24-9-8-19-14-25-22-7-5-4-6-20(19)22/h4-7,14,17,25H,8-13,15H2,1-3H3,(H,24,29). The predicted octanol–water partition coefficient (Wildman–Crippen LogP) is 2.64. The first-order valence-electron chi connectivity index (χ1n) is 10.7. The molecule has 7 nitrogen and oxygen atoms in total. The highest BCUT2D eigenvalue weighted by atomic mass is 16.5. The Morgan fingerprint density at radius 1 is 1.23 bits per heavy atom. The van der Waals surface area contributed by atoms with Crippen LogP contribution in [-0.2, 0) is 17.8 Å². The van der Waals surface area contributed by atoms with Crippen LogP contribution in [0.15, 0.2) is 35.0 Å². The van der Waals surface area contributed by atoms with Gasteiger partial charge in [0.2, 0.25) is 5.91 Å². The van der Waals surface area contributed by atoms with E-state index in [1.807, 2.05) is 39.1 Å². The van der Waals surface area contributed by atoms with Crippen LogP contribution in [0, 0.1) is 13.8 Å². The number of amides is 1. The van der Waals surface area contributed by atoms with E-state index in [0.29, 0.717) is 6.54 Å². The summed E-state index contributed by atoms with van der Waals surface area (Å²) in [5, 5.41) is 8.39. The van der Waals surface area contributed by atoms with Gasteiger partial charge in [-0.05, 0) is 38.8 Å². The Morgan fingerprint density at radius 3 is 2.73 bits per heavy atom. The van der Waals surface area contributed by atoms with Crippen LogP contribution in [0.25, 0.3) is 10.9 Å². The number of piperazine rings is 1. The highest BCUT2D eigenvalue weighted by Gasteiger charge is 2.26. The number of aryl methyl sites for hydroxylation is 2. The Balaban J connectivity index is 1.23. The monoisotopic (exact) mass is 409 g/mol. The number of hydrogen-bond acceptors (Lipinski definition) is 5. The number of fused-ring (bicyclic) bond motifs is 1. The number of rotatable bonds is 7. The van der Waals surface area contributed by atoms with E-state index >= 15 is 0 Å². The fourth-order valence-electron chi connectivity index (χ4n) is 4.23. The number of aromatic nitrogens is 2. The largest absolute Gasteiger partial charge is 0.361 e. The molecule has 4 rings (SSSR count). The number of benzene rings is 1. The molecule has 1 amide bonds. The molecular formula is C23H31N5O2. The second-order valence-electron chi connectivity index (χ2n) is 8.19. The lowest BCUT2D eigenvalue weighted by atomic mass is 10.1. The minimum atomic E-state index is -0.116. The molecule has 1 saturated heterocycles. The third kappa shape index (κ3) is 4.42. The second kappa shape index (κ2) is 9.02. The first-order valence-corrected chi connectivity index (χ1v) is 10.7. The Kier molecular flexibility index (Phi) is 6.20. The molecule has 160 valence electrons. The maximum atomic E-state index is 12.7. The number of nitrogens with one attached hydrogen (secondary N) is 2. The molecule has 2 N–H and O–H groups in total. The Bertz CT molecular complexity index is 981. The smallest absolute Gasteiger partial charge is 0.237 e. The quantitative estimate of drug-likeness (QED) is 0.627. The summed E-state index contributed by atoms with van der Waals surface area (Å²) in [6, 6.07) is 8.15. The van der Waals surface area contributed by atoms with E-state index in [4.69, 9.17) is 4.52 Å². The van der Waals surface area contributed by atoms with Crippen LogP contribution in [0.4, 0.5) is 0 Å². The maximum Gasteiger partial charge on any atom is 0.237 e. The van der Waals surface area contributed by atoms with Crippen molar-refractivity contribution in [2.75, 3.05) is 32.7 Å². The maximum absolute atomic E-state index is 12.7. The molecule has 0 aliphatic carbocycles. The van der Waals surface area contributed by atoms with Crippen molar-refractivity contribution in [2.24, 2.45) is 0 Å². The van der Waals surface area contributed by atoms with E-state index in [1.54, 1.807) is 0 Å². The van der Waals surface area contributed by atoms with Crippen LogP contribution in [0.1, 0.15) is 29.5 Å². The molecule has 1 atom stereocenters. The molecule has 1 unspecified atom stereocenters. The molecular weight excluding hydrogens is 378 g/mol. The van der Waals surface area contributed by atoms with Crippen LogP contribution in [0.2, 0.25) is 0 Å². The summed E-state index contributed by atoms with van der Waals surface area (Å²) in [7, 11) is 0. The third-order valence-corrected chi connectivity index (χ3v) is 6.27. The number of aromatic amines is 1. The zero-order valence-electron chi connectivity index (χ0n) is 18.1. The Labute approximate surface area is 177 Å². The summed E-state index contributed by atoms with van der Waals surface area (Å²) in [5.74, 6) is 1.01. The minimum absolute atomic E-state index is 0.106. The second-order valence-corrected chi connectivity index (χ2v) is 8.19. The number of para-hydroxylation sites is 1. The lowest BCUT2D eigenvalue weighted by Gasteiger charge is -2.37. The lowest BCUT2D eigenvalue weighted by Crippen LogP contribution is -2.53. The predicted molar refractivity (Wildman–Crippen MR) is 117 cm³/mol. The molecule has 0 saturated carbocycles. The normalized spacial score (nSPS) is 16.8. The van der Waals surface area contributed by atoms with Crippen molar-refractivity contribution >= 4 is 16.8 Å². The van der Waals surface area contributed by atoms with Crippen molar-refractivity contribution < 1.29 is 9.32 Å². The molecule has 30 heavy (non-hydrogen) atoms. The summed E-state index contributed by atoms with van der Waals surface area (Å²) in [5.41, 5.74) is 4.54. The van der Waals surface area contributed by atoms with E-state index in [-0.39, 0.29) is 11.9 Å². The zero-order chi connectivity index (χ0) is 21.1. The topological polar surface area (TPSA) is 77.4 Å². The van der Waals surface area contributed by atoms with Gasteiger partial charge in [0.25, 0.3) is 0 Å². The van der Waals surface area contributed by atoms with Gasteiger partial charge in [-0.25, -0.2) is 0 Å². The molecule has 3 heterocycles. The first-order chi connectivity index (χ1) is 14.5. The molecule has 3 aromatic rings. The van der Waals surface area contributed by atoms with E-state index < -0.39 is 0 Å². The summed E-state index contributed by atoms with van der Waals surface area (Å²) in [6.45, 7) is 11.1. The SMILES string of the molecule is Cc1noc(C)c1CN1CCN(C(C)C(=O)NCCc2c[nH]c3ccccc23)CC1. The van der Waals surface area contributed by atoms with Crippen LogP contribution in [0.5, 0.6) is 0 Å². The molecule has 1 aromatic carbocycles. The first kappa shape index (κ1) is 20.6. The molecule has 2 aromatic heterocycles. The number of carbonyl (C=O) groups excluding carboxylic acids is 1. The highest BCUT2D eigenvalue weighted by molar-refractivity contribution is 5.83. The number of nitrogens with zero attached hydrogens (tertiary/aromatic N) is 3. The van der Waals surface area contributed by atoms with Gasteiger partial charge in [-0.2, -0.15) is 0 Å². The Hall–Kier alpha value is -2.64. The number of H-pyrrole nitrogens is 1. The van der Waals surface area contributed by atoms with Gasteiger partial charge in [0.05, 0.1) is 11.7 Å². The Morgan fingerprint density at radius 2 is 2.00 bits per heavy atom. The molecule has 0 radical (unpaired) electrons. The molecule has 1 fully saturated rings. The lowest BCUT2D eigenvalue weighted by molar-refractivity contribution is -0.126. The molecule has 0 spiro atoms. The average molecular weight is 410 g/mol. The zero-order valence-corrected chi connectivity index (χ0v) is 18.1. The number of carbonyl (C=O) groups is 1. The van der Waals surface area contributed by atoms with Crippen LogP contribution < -0.4 is 5.32 Å². The van der Waals surface area contributed by atoms with Gasteiger partial charge in [-0.3, -0.25) is 14.6 Å². The van der Waals surface area contributed by atoms with E-state index in [1.165, 1.54) is 16.5 Å². The van der Waals surface area contributed by atoms with Gasteiger partial charge in [0, 0.05) is 61.9 Å². The highest BCUT2D eigenvalue weighted by Crippen LogP contribution is 2.18. The van der Waals surface area contributed by atoms with Gasteiger partial charge in [-0.1, -0.05) is 23.4 Å². The fraction of sp³-hybridized carbons (Fsp3) is 0.478. The minimum Gasteiger partial charge on any atom is -0.361 e. The van der Waals surface area contributed by atoms with E-state index in [0.717, 1.165) is 56.1 Å². The van der Waals surface area contributed by atoms with Crippen LogP contribution in [-0.4, -0.2) is 64.6 Å². The average Bonchev–Trinajstić information content (AvgIpc) is 3.32. The van der Waals surface area contributed by atoms with Crippen molar-refractivity contribution in [3.05, 3.63) is 53.0 Å². The van der Waals surface area contributed by atoms with E-state index in [9.17, 15) is 4.79 Å². The summed E-state index contributed by atoms with van der Waals surface area (Å²) in [4.78, 5) is 20.6. The van der Waals surface area contributed by atoms with Crippen molar-refractivity contribution in [3.8, 4) is 0 Å². The summed E-state index contributed by atoms with van der Waals surface area (Å²) < 4.78 is 5.27. The van der Waals surface area contributed by atoms with Crippen LogP contribution in [0.3, 0.4) is 0 Å². The van der Waals surface area contributed by atoms with Gasteiger partial charge < -0.3 is 14.8 Å². The molecule has 1 aliphatic heterocycles. The molecule has 1 aliphatic rings. The van der Waals surface area contributed by atoms with Gasteiger partial charge in [0.15, 0.2) is 0 Å².